The molecule has 0 fully saturated rings. The van der Waals surface area contributed by atoms with E-state index in [-0.39, 0.29) is 17.9 Å². The van der Waals surface area contributed by atoms with E-state index in [1.165, 1.54) is 11.8 Å². The maximum absolute atomic E-state index is 12.5. The normalized spacial score (nSPS) is 15.2. The van der Waals surface area contributed by atoms with E-state index in [2.05, 4.69) is 19.2 Å². The van der Waals surface area contributed by atoms with Crippen LogP contribution in [0.2, 0.25) is 0 Å². The minimum absolute atomic E-state index is 0.0293. The van der Waals surface area contributed by atoms with Crippen LogP contribution in [0.3, 0.4) is 0 Å². The number of fused-ring (bicyclic) bond motifs is 1. The molecule has 22 heavy (non-hydrogen) atoms. The fourth-order valence-electron chi connectivity index (χ4n) is 2.21. The maximum atomic E-state index is 12.5. The Morgan fingerprint density at radius 1 is 1.45 bits per heavy atom. The Morgan fingerprint density at radius 2 is 2.18 bits per heavy atom. The van der Waals surface area contributed by atoms with Crippen molar-refractivity contribution in [1.82, 2.24) is 4.90 Å². The van der Waals surface area contributed by atoms with Gasteiger partial charge in [-0.05, 0) is 30.5 Å². The predicted octanol–water partition coefficient (Wildman–Crippen LogP) is 2.18. The van der Waals surface area contributed by atoms with Crippen LogP contribution in [0, 0.1) is 5.92 Å². The molecule has 2 rings (SSSR count). The molecule has 1 unspecified atom stereocenters. The lowest BCUT2D eigenvalue weighted by molar-refractivity contribution is -0.113. The first-order valence-electron chi connectivity index (χ1n) is 7.46. The first-order valence-corrected chi connectivity index (χ1v) is 8.44. The molecular weight excluding hydrogens is 298 g/mol. The van der Waals surface area contributed by atoms with E-state index >= 15 is 0 Å². The molecule has 2 amide bonds. The van der Waals surface area contributed by atoms with Gasteiger partial charge in [-0.15, -0.1) is 11.8 Å². The molecule has 1 heterocycles. The maximum Gasteiger partial charge on any atom is 0.253 e. The molecule has 5 nitrogen and oxygen atoms in total. The highest BCUT2D eigenvalue weighted by atomic mass is 32.2. The summed E-state index contributed by atoms with van der Waals surface area (Å²) in [6.07, 6.45) is 0.775. The Bertz CT molecular complexity index is 575. The number of carbonyl (C=O) groups excluding carboxylic acids is 2. The second kappa shape index (κ2) is 7.15. The highest BCUT2D eigenvalue weighted by molar-refractivity contribution is 8.00. The van der Waals surface area contributed by atoms with Gasteiger partial charge < -0.3 is 16.0 Å². The van der Waals surface area contributed by atoms with Gasteiger partial charge in [0.1, 0.15) is 0 Å². The van der Waals surface area contributed by atoms with Crippen molar-refractivity contribution in [3.63, 3.8) is 0 Å². The van der Waals surface area contributed by atoms with Gasteiger partial charge >= 0.3 is 0 Å². The largest absolute Gasteiger partial charge is 0.342 e. The minimum atomic E-state index is -0.0522. The third kappa shape index (κ3) is 4.01. The molecule has 0 saturated heterocycles. The topological polar surface area (TPSA) is 75.4 Å². The number of nitrogens with one attached hydrogen (secondary N) is 1. The standard InChI is InChI=1S/C16H23N3O2S/c1-10(2)12(17)6-7-19(3)16(21)11-4-5-14-13(8-11)18-15(20)9-22-14/h4-5,8,10,12H,6-7,9,17H2,1-3H3,(H,18,20). The van der Waals surface area contributed by atoms with E-state index in [4.69, 9.17) is 5.73 Å². The molecule has 0 saturated carbocycles. The third-order valence-corrected chi connectivity index (χ3v) is 4.93. The monoisotopic (exact) mass is 321 g/mol. The van der Waals surface area contributed by atoms with Crippen LogP contribution >= 0.6 is 11.8 Å². The second-order valence-electron chi connectivity index (χ2n) is 5.97. The number of hydrogen-bond donors (Lipinski definition) is 2. The lowest BCUT2D eigenvalue weighted by atomic mass is 10.0. The van der Waals surface area contributed by atoms with Gasteiger partial charge in [0, 0.05) is 30.1 Å². The number of hydrogen-bond acceptors (Lipinski definition) is 4. The first kappa shape index (κ1) is 16.8. The van der Waals surface area contributed by atoms with Gasteiger partial charge in [0.2, 0.25) is 5.91 Å². The number of benzene rings is 1. The fraction of sp³-hybridized carbons (Fsp3) is 0.500. The Balaban J connectivity index is 2.03. The molecule has 0 aromatic heterocycles. The van der Waals surface area contributed by atoms with E-state index < -0.39 is 0 Å². The molecular formula is C16H23N3O2S. The minimum Gasteiger partial charge on any atom is -0.342 e. The van der Waals surface area contributed by atoms with Crippen LogP contribution in [0.15, 0.2) is 23.1 Å². The Morgan fingerprint density at radius 3 is 2.86 bits per heavy atom. The van der Waals surface area contributed by atoms with Crippen LogP contribution < -0.4 is 11.1 Å². The third-order valence-electron chi connectivity index (χ3n) is 3.86. The quantitative estimate of drug-likeness (QED) is 0.871. The second-order valence-corrected chi connectivity index (χ2v) is 6.99. The Kier molecular flexibility index (Phi) is 5.47. The van der Waals surface area contributed by atoms with Gasteiger partial charge in [-0.25, -0.2) is 0 Å². The smallest absolute Gasteiger partial charge is 0.253 e. The summed E-state index contributed by atoms with van der Waals surface area (Å²) >= 11 is 1.49. The van der Waals surface area contributed by atoms with Gasteiger partial charge in [-0.2, -0.15) is 0 Å². The molecule has 6 heteroatoms. The summed E-state index contributed by atoms with van der Waals surface area (Å²) in [6.45, 7) is 4.78. The number of thioether (sulfide) groups is 1. The Labute approximate surface area is 135 Å². The van der Waals surface area contributed by atoms with Crippen molar-refractivity contribution in [3.8, 4) is 0 Å². The van der Waals surface area contributed by atoms with E-state index in [1.807, 2.05) is 12.1 Å². The summed E-state index contributed by atoms with van der Waals surface area (Å²) in [6, 6.07) is 5.54. The zero-order valence-electron chi connectivity index (χ0n) is 13.3. The molecule has 0 aliphatic carbocycles. The van der Waals surface area contributed by atoms with Gasteiger partial charge in [0.15, 0.2) is 0 Å². The van der Waals surface area contributed by atoms with Crippen LogP contribution in [0.4, 0.5) is 5.69 Å². The van der Waals surface area contributed by atoms with Crippen LogP contribution in [0.5, 0.6) is 0 Å². The van der Waals surface area contributed by atoms with Crippen molar-refractivity contribution in [2.24, 2.45) is 11.7 Å². The molecule has 1 atom stereocenters. The molecule has 1 aromatic carbocycles. The van der Waals surface area contributed by atoms with Gasteiger partial charge in [0.25, 0.3) is 5.91 Å². The van der Waals surface area contributed by atoms with Crippen LogP contribution in [0.25, 0.3) is 0 Å². The van der Waals surface area contributed by atoms with Crippen LogP contribution in [-0.2, 0) is 4.79 Å². The number of amides is 2. The van der Waals surface area contributed by atoms with E-state index in [0.717, 1.165) is 17.0 Å². The van der Waals surface area contributed by atoms with Crippen molar-refractivity contribution >= 4 is 29.3 Å². The van der Waals surface area contributed by atoms with Crippen molar-refractivity contribution < 1.29 is 9.59 Å². The molecule has 1 aliphatic heterocycles. The van der Waals surface area contributed by atoms with Gasteiger partial charge in [0.05, 0.1) is 11.4 Å². The van der Waals surface area contributed by atoms with E-state index in [0.29, 0.717) is 23.8 Å². The van der Waals surface area contributed by atoms with Gasteiger partial charge in [-0.3, -0.25) is 9.59 Å². The Hall–Kier alpha value is -1.53. The molecule has 0 bridgehead atoms. The average Bonchev–Trinajstić information content (AvgIpc) is 2.50. The zero-order valence-corrected chi connectivity index (χ0v) is 14.1. The lowest BCUT2D eigenvalue weighted by Gasteiger charge is -2.22. The number of nitrogens with zero attached hydrogens (tertiary/aromatic N) is 1. The summed E-state index contributed by atoms with van der Waals surface area (Å²) in [7, 11) is 1.78. The van der Waals surface area contributed by atoms with Crippen molar-refractivity contribution in [3.05, 3.63) is 23.8 Å². The molecule has 1 aliphatic rings. The lowest BCUT2D eigenvalue weighted by Crippen LogP contribution is -2.34. The predicted molar refractivity (Wildman–Crippen MR) is 90.2 cm³/mol. The van der Waals surface area contributed by atoms with Crippen molar-refractivity contribution in [2.45, 2.75) is 31.2 Å². The molecule has 120 valence electrons. The number of carbonyl (C=O) groups is 2. The van der Waals surface area contributed by atoms with Crippen LogP contribution in [0.1, 0.15) is 30.6 Å². The summed E-state index contributed by atoms with van der Waals surface area (Å²) in [5.74, 6) is 0.745. The zero-order chi connectivity index (χ0) is 16.3. The SMILES string of the molecule is CC(C)C(N)CCN(C)C(=O)c1ccc2c(c1)NC(=O)CS2. The highest BCUT2D eigenvalue weighted by Crippen LogP contribution is 2.32. The summed E-state index contributed by atoms with van der Waals surface area (Å²) < 4.78 is 0. The average molecular weight is 321 g/mol. The van der Waals surface area contributed by atoms with Crippen LogP contribution in [-0.4, -0.2) is 42.1 Å². The number of rotatable bonds is 5. The van der Waals surface area contributed by atoms with Crippen molar-refractivity contribution in [1.29, 1.82) is 0 Å². The summed E-state index contributed by atoms with van der Waals surface area (Å²) in [5, 5.41) is 2.81. The first-order chi connectivity index (χ1) is 10.4. The fourth-order valence-corrected chi connectivity index (χ4v) is 3.00. The molecule has 0 radical (unpaired) electrons. The number of nitrogens with two attached hydrogens (primary N) is 1. The van der Waals surface area contributed by atoms with Gasteiger partial charge in [-0.1, -0.05) is 13.8 Å². The van der Waals surface area contributed by atoms with Crippen molar-refractivity contribution in [2.75, 3.05) is 24.7 Å². The summed E-state index contributed by atoms with van der Waals surface area (Å²) in [4.78, 5) is 26.6. The van der Waals surface area contributed by atoms with E-state index in [1.54, 1.807) is 18.0 Å². The summed E-state index contributed by atoms with van der Waals surface area (Å²) in [5.41, 5.74) is 7.33. The number of anilines is 1. The molecule has 0 spiro atoms. The highest BCUT2D eigenvalue weighted by Gasteiger charge is 2.19. The van der Waals surface area contributed by atoms with E-state index in [9.17, 15) is 9.59 Å². The molecule has 3 N–H and O–H groups in total. The molecule has 1 aromatic rings.